The van der Waals surface area contributed by atoms with E-state index in [1.54, 1.807) is 11.9 Å². The van der Waals surface area contributed by atoms with Crippen molar-refractivity contribution in [1.82, 2.24) is 10.2 Å². The Morgan fingerprint density at radius 1 is 1.28 bits per heavy atom. The van der Waals surface area contributed by atoms with Crippen molar-refractivity contribution in [3.05, 3.63) is 0 Å². The van der Waals surface area contributed by atoms with E-state index in [9.17, 15) is 14.7 Å². The predicted octanol–water partition coefficient (Wildman–Crippen LogP) is 2.07. The summed E-state index contributed by atoms with van der Waals surface area (Å²) < 4.78 is 0. The van der Waals surface area contributed by atoms with Gasteiger partial charge in [-0.15, -0.1) is 0 Å². The highest BCUT2D eigenvalue weighted by molar-refractivity contribution is 5.78. The Bertz CT molecular complexity index is 309. The molecule has 18 heavy (non-hydrogen) atoms. The lowest BCUT2D eigenvalue weighted by Gasteiger charge is -2.34. The lowest BCUT2D eigenvalue weighted by Crippen LogP contribution is -2.48. The standard InChI is InChI=1S/C13H24N2O3/c1-10(2)15(3)12(18)14-9-13(11(16)17)7-5-4-6-8-13/h10H,4-9H2,1-3H3,(H,14,18)(H,16,17). The van der Waals surface area contributed by atoms with Crippen LogP contribution < -0.4 is 5.32 Å². The molecule has 0 aromatic carbocycles. The zero-order valence-corrected chi connectivity index (χ0v) is 11.5. The van der Waals surface area contributed by atoms with Crippen LogP contribution in [0.1, 0.15) is 46.0 Å². The first-order valence-electron chi connectivity index (χ1n) is 6.63. The van der Waals surface area contributed by atoms with Crippen LogP contribution in [-0.2, 0) is 4.79 Å². The molecule has 1 fully saturated rings. The lowest BCUT2D eigenvalue weighted by molar-refractivity contribution is -0.150. The highest BCUT2D eigenvalue weighted by Gasteiger charge is 2.40. The summed E-state index contributed by atoms with van der Waals surface area (Å²) in [5.74, 6) is -0.783. The largest absolute Gasteiger partial charge is 0.481 e. The maximum atomic E-state index is 11.8. The summed E-state index contributed by atoms with van der Waals surface area (Å²) in [5, 5.41) is 12.1. The van der Waals surface area contributed by atoms with Gasteiger partial charge < -0.3 is 15.3 Å². The van der Waals surface area contributed by atoms with Crippen LogP contribution in [0, 0.1) is 5.41 Å². The molecule has 0 spiro atoms. The Kier molecular flexibility index (Phi) is 4.99. The van der Waals surface area contributed by atoms with Crippen LogP contribution in [-0.4, -0.2) is 41.6 Å². The number of carbonyl (C=O) groups is 2. The van der Waals surface area contributed by atoms with Crippen LogP contribution in [0.2, 0.25) is 0 Å². The molecular formula is C13H24N2O3. The van der Waals surface area contributed by atoms with Crippen LogP contribution in [0.25, 0.3) is 0 Å². The summed E-state index contributed by atoms with van der Waals surface area (Å²) in [5.41, 5.74) is -0.758. The SMILES string of the molecule is CC(C)N(C)C(=O)NCC1(C(=O)O)CCCCC1. The summed E-state index contributed by atoms with van der Waals surface area (Å²) in [6.07, 6.45) is 4.28. The molecule has 5 nitrogen and oxygen atoms in total. The van der Waals surface area contributed by atoms with Crippen molar-refractivity contribution in [1.29, 1.82) is 0 Å². The van der Waals surface area contributed by atoms with E-state index in [-0.39, 0.29) is 18.6 Å². The zero-order valence-electron chi connectivity index (χ0n) is 11.5. The molecule has 0 aliphatic heterocycles. The van der Waals surface area contributed by atoms with Gasteiger partial charge in [0.2, 0.25) is 0 Å². The second kappa shape index (κ2) is 6.07. The summed E-state index contributed by atoms with van der Waals surface area (Å²) in [4.78, 5) is 24.8. The number of aliphatic carboxylic acids is 1. The molecule has 0 unspecified atom stereocenters. The second-order valence-corrected chi connectivity index (χ2v) is 5.51. The number of carbonyl (C=O) groups excluding carboxylic acids is 1. The molecule has 1 aliphatic rings. The minimum absolute atomic E-state index is 0.108. The van der Waals surface area contributed by atoms with Crippen molar-refractivity contribution in [3.63, 3.8) is 0 Å². The van der Waals surface area contributed by atoms with Gasteiger partial charge in [-0.2, -0.15) is 0 Å². The van der Waals surface area contributed by atoms with Crippen LogP contribution in [0.3, 0.4) is 0 Å². The fourth-order valence-corrected chi connectivity index (χ4v) is 2.30. The first-order valence-corrected chi connectivity index (χ1v) is 6.63. The lowest BCUT2D eigenvalue weighted by atomic mass is 9.74. The van der Waals surface area contributed by atoms with Crippen molar-refractivity contribution >= 4 is 12.0 Å². The van der Waals surface area contributed by atoms with Gasteiger partial charge in [0.25, 0.3) is 0 Å². The summed E-state index contributed by atoms with van der Waals surface area (Å²) in [6.45, 7) is 4.08. The molecule has 0 bridgehead atoms. The van der Waals surface area contributed by atoms with Crippen molar-refractivity contribution in [2.75, 3.05) is 13.6 Å². The van der Waals surface area contributed by atoms with E-state index in [0.29, 0.717) is 12.8 Å². The third-order valence-corrected chi connectivity index (χ3v) is 3.94. The minimum atomic E-state index is -0.783. The van der Waals surface area contributed by atoms with Crippen molar-refractivity contribution < 1.29 is 14.7 Å². The molecule has 1 aliphatic carbocycles. The minimum Gasteiger partial charge on any atom is -0.481 e. The Labute approximate surface area is 109 Å². The van der Waals surface area contributed by atoms with E-state index >= 15 is 0 Å². The van der Waals surface area contributed by atoms with Crippen LogP contribution in [0.5, 0.6) is 0 Å². The number of carboxylic acids is 1. The van der Waals surface area contributed by atoms with E-state index in [4.69, 9.17) is 0 Å². The molecule has 0 saturated heterocycles. The van der Waals surface area contributed by atoms with Gasteiger partial charge in [-0.05, 0) is 26.7 Å². The highest BCUT2D eigenvalue weighted by Crippen LogP contribution is 2.36. The van der Waals surface area contributed by atoms with Gasteiger partial charge in [-0.25, -0.2) is 4.79 Å². The molecular weight excluding hydrogens is 232 g/mol. The van der Waals surface area contributed by atoms with E-state index in [0.717, 1.165) is 19.3 Å². The number of urea groups is 1. The normalized spacial score (nSPS) is 18.4. The van der Waals surface area contributed by atoms with Crippen LogP contribution in [0.15, 0.2) is 0 Å². The number of rotatable bonds is 4. The third kappa shape index (κ3) is 3.37. The molecule has 0 radical (unpaired) electrons. The van der Waals surface area contributed by atoms with Gasteiger partial charge >= 0.3 is 12.0 Å². The molecule has 2 N–H and O–H groups in total. The fourth-order valence-electron chi connectivity index (χ4n) is 2.30. The molecule has 2 amide bonds. The molecule has 0 aromatic heterocycles. The quantitative estimate of drug-likeness (QED) is 0.809. The molecule has 1 saturated carbocycles. The van der Waals surface area contributed by atoms with Gasteiger partial charge in [0.15, 0.2) is 0 Å². The van der Waals surface area contributed by atoms with Gasteiger partial charge in [0, 0.05) is 19.6 Å². The van der Waals surface area contributed by atoms with E-state index in [1.165, 1.54) is 0 Å². The van der Waals surface area contributed by atoms with Crippen molar-refractivity contribution in [3.8, 4) is 0 Å². The monoisotopic (exact) mass is 256 g/mol. The average Bonchev–Trinajstić information content (AvgIpc) is 2.35. The molecule has 0 atom stereocenters. The Balaban J connectivity index is 2.58. The van der Waals surface area contributed by atoms with E-state index < -0.39 is 11.4 Å². The highest BCUT2D eigenvalue weighted by atomic mass is 16.4. The van der Waals surface area contributed by atoms with Crippen LogP contribution >= 0.6 is 0 Å². The maximum absolute atomic E-state index is 11.8. The predicted molar refractivity (Wildman–Crippen MR) is 69.5 cm³/mol. The average molecular weight is 256 g/mol. The molecule has 0 aromatic rings. The van der Waals surface area contributed by atoms with Gasteiger partial charge in [-0.3, -0.25) is 4.79 Å². The van der Waals surface area contributed by atoms with Crippen molar-refractivity contribution in [2.24, 2.45) is 5.41 Å². The number of carboxylic acid groups (broad SMARTS) is 1. The topological polar surface area (TPSA) is 69.6 Å². The molecule has 104 valence electrons. The summed E-state index contributed by atoms with van der Waals surface area (Å²) in [7, 11) is 1.72. The Morgan fingerprint density at radius 3 is 2.28 bits per heavy atom. The van der Waals surface area contributed by atoms with Crippen LogP contribution in [0.4, 0.5) is 4.79 Å². The van der Waals surface area contributed by atoms with Gasteiger partial charge in [-0.1, -0.05) is 19.3 Å². The van der Waals surface area contributed by atoms with Gasteiger partial charge in [0.05, 0.1) is 5.41 Å². The second-order valence-electron chi connectivity index (χ2n) is 5.51. The Hall–Kier alpha value is -1.26. The number of amides is 2. The molecule has 0 heterocycles. The first kappa shape index (κ1) is 14.8. The van der Waals surface area contributed by atoms with E-state index in [1.807, 2.05) is 13.8 Å². The zero-order chi connectivity index (χ0) is 13.8. The maximum Gasteiger partial charge on any atom is 0.317 e. The van der Waals surface area contributed by atoms with Crippen molar-refractivity contribution in [2.45, 2.75) is 52.0 Å². The Morgan fingerprint density at radius 2 is 1.83 bits per heavy atom. The fraction of sp³-hybridized carbons (Fsp3) is 0.846. The number of hydrogen-bond donors (Lipinski definition) is 2. The molecule has 5 heteroatoms. The number of nitrogens with zero attached hydrogens (tertiary/aromatic N) is 1. The van der Waals surface area contributed by atoms with E-state index in [2.05, 4.69) is 5.32 Å². The molecule has 1 rings (SSSR count). The summed E-state index contributed by atoms with van der Waals surface area (Å²) in [6, 6.07) is -0.0895. The number of hydrogen-bond acceptors (Lipinski definition) is 2. The summed E-state index contributed by atoms with van der Waals surface area (Å²) >= 11 is 0. The smallest absolute Gasteiger partial charge is 0.317 e. The first-order chi connectivity index (χ1) is 8.39. The van der Waals surface area contributed by atoms with Gasteiger partial charge in [0.1, 0.15) is 0 Å². The number of nitrogens with one attached hydrogen (secondary N) is 1. The third-order valence-electron chi connectivity index (χ3n) is 3.94.